The van der Waals surface area contributed by atoms with E-state index >= 15 is 0 Å². The highest BCUT2D eigenvalue weighted by Crippen LogP contribution is 2.28. The highest BCUT2D eigenvalue weighted by Gasteiger charge is 2.06. The SMILES string of the molecule is CCCNCc1cc(C)ccc1Sc1nccc(=O)[nH]1. The summed E-state index contributed by atoms with van der Waals surface area (Å²) in [5, 5.41) is 4.03. The summed E-state index contributed by atoms with van der Waals surface area (Å²) in [6, 6.07) is 7.75. The van der Waals surface area contributed by atoms with Crippen molar-refractivity contribution in [2.75, 3.05) is 6.54 Å². The molecule has 0 atom stereocenters. The number of H-pyrrole nitrogens is 1. The van der Waals surface area contributed by atoms with E-state index in [1.54, 1.807) is 0 Å². The molecular weight excluding hydrogens is 270 g/mol. The van der Waals surface area contributed by atoms with Crippen LogP contribution >= 0.6 is 11.8 Å². The first-order valence-electron chi connectivity index (χ1n) is 6.72. The van der Waals surface area contributed by atoms with Gasteiger partial charge >= 0.3 is 0 Å². The standard InChI is InChI=1S/C15H19N3OS/c1-3-7-16-10-12-9-11(2)4-5-13(12)20-15-17-8-6-14(19)18-15/h4-6,8-9,16H,3,7,10H2,1-2H3,(H,17,18,19). The predicted octanol–water partition coefficient (Wildman–Crippen LogP) is 2.73. The van der Waals surface area contributed by atoms with E-state index in [1.165, 1.54) is 35.2 Å². The van der Waals surface area contributed by atoms with Crippen LogP contribution in [0.2, 0.25) is 0 Å². The lowest BCUT2D eigenvalue weighted by Gasteiger charge is -2.10. The lowest BCUT2D eigenvalue weighted by Crippen LogP contribution is -2.14. The van der Waals surface area contributed by atoms with Gasteiger partial charge in [0, 0.05) is 23.7 Å². The molecule has 5 heteroatoms. The summed E-state index contributed by atoms with van der Waals surface area (Å²) in [6.45, 7) is 6.06. The maximum Gasteiger partial charge on any atom is 0.251 e. The molecule has 2 rings (SSSR count). The second-order valence-electron chi connectivity index (χ2n) is 4.63. The van der Waals surface area contributed by atoms with Crippen LogP contribution < -0.4 is 10.9 Å². The highest BCUT2D eigenvalue weighted by atomic mass is 32.2. The Kier molecular flexibility index (Phi) is 5.38. The number of hydrogen-bond acceptors (Lipinski definition) is 4. The Morgan fingerprint density at radius 1 is 1.35 bits per heavy atom. The van der Waals surface area contributed by atoms with Gasteiger partial charge in [0.1, 0.15) is 0 Å². The summed E-state index contributed by atoms with van der Waals surface area (Å²) in [7, 11) is 0. The second kappa shape index (κ2) is 7.26. The molecule has 0 fully saturated rings. The summed E-state index contributed by atoms with van der Waals surface area (Å²) in [5.74, 6) is 0. The third kappa shape index (κ3) is 4.21. The minimum absolute atomic E-state index is 0.125. The number of benzene rings is 1. The van der Waals surface area contributed by atoms with Gasteiger partial charge in [-0.3, -0.25) is 4.79 Å². The Labute approximate surface area is 123 Å². The zero-order valence-electron chi connectivity index (χ0n) is 11.8. The summed E-state index contributed by atoms with van der Waals surface area (Å²) >= 11 is 1.49. The van der Waals surface area contributed by atoms with E-state index in [9.17, 15) is 4.79 Å². The van der Waals surface area contributed by atoms with Crippen LogP contribution in [0.5, 0.6) is 0 Å². The molecule has 0 aliphatic heterocycles. The van der Waals surface area contributed by atoms with Gasteiger partial charge in [0.15, 0.2) is 5.16 Å². The van der Waals surface area contributed by atoms with Crippen molar-refractivity contribution >= 4 is 11.8 Å². The van der Waals surface area contributed by atoms with E-state index in [4.69, 9.17) is 0 Å². The Bertz CT molecular complexity index is 625. The number of nitrogens with zero attached hydrogens (tertiary/aromatic N) is 1. The molecular formula is C15H19N3OS. The van der Waals surface area contributed by atoms with Crippen LogP contribution in [0.25, 0.3) is 0 Å². The van der Waals surface area contributed by atoms with Gasteiger partial charge in [-0.15, -0.1) is 0 Å². The summed E-state index contributed by atoms with van der Waals surface area (Å²) < 4.78 is 0. The van der Waals surface area contributed by atoms with Crippen LogP contribution in [0.1, 0.15) is 24.5 Å². The van der Waals surface area contributed by atoms with Crippen molar-refractivity contribution in [3.05, 3.63) is 51.9 Å². The first kappa shape index (κ1) is 14.8. The van der Waals surface area contributed by atoms with Crippen molar-refractivity contribution < 1.29 is 0 Å². The van der Waals surface area contributed by atoms with Gasteiger partial charge in [-0.25, -0.2) is 4.98 Å². The molecule has 0 radical (unpaired) electrons. The third-order valence-corrected chi connectivity index (χ3v) is 3.83. The van der Waals surface area contributed by atoms with Crippen molar-refractivity contribution in [3.63, 3.8) is 0 Å². The van der Waals surface area contributed by atoms with Crippen molar-refractivity contribution in [2.24, 2.45) is 0 Å². The first-order valence-corrected chi connectivity index (χ1v) is 7.54. The van der Waals surface area contributed by atoms with Gasteiger partial charge in [0.25, 0.3) is 5.56 Å². The molecule has 1 aromatic heterocycles. The zero-order chi connectivity index (χ0) is 14.4. The summed E-state index contributed by atoms with van der Waals surface area (Å²) in [5.41, 5.74) is 2.34. The fourth-order valence-corrected chi connectivity index (χ4v) is 2.73. The van der Waals surface area contributed by atoms with Gasteiger partial charge in [0.05, 0.1) is 0 Å². The minimum atomic E-state index is -0.125. The van der Waals surface area contributed by atoms with Crippen molar-refractivity contribution in [1.82, 2.24) is 15.3 Å². The van der Waals surface area contributed by atoms with Crippen LogP contribution in [-0.4, -0.2) is 16.5 Å². The molecule has 2 N–H and O–H groups in total. The lowest BCUT2D eigenvalue weighted by atomic mass is 10.1. The van der Waals surface area contributed by atoms with Crippen LogP contribution in [-0.2, 0) is 6.54 Å². The number of hydrogen-bond donors (Lipinski definition) is 2. The van der Waals surface area contributed by atoms with E-state index in [-0.39, 0.29) is 5.56 Å². The van der Waals surface area contributed by atoms with E-state index in [1.807, 2.05) is 0 Å². The highest BCUT2D eigenvalue weighted by molar-refractivity contribution is 7.99. The van der Waals surface area contributed by atoms with Crippen LogP contribution in [0, 0.1) is 6.92 Å². The normalized spacial score (nSPS) is 10.7. The fourth-order valence-electron chi connectivity index (χ4n) is 1.85. The first-order chi connectivity index (χ1) is 9.69. The molecule has 106 valence electrons. The monoisotopic (exact) mass is 289 g/mol. The minimum Gasteiger partial charge on any atom is -0.313 e. The van der Waals surface area contributed by atoms with Crippen molar-refractivity contribution in [3.8, 4) is 0 Å². The summed E-state index contributed by atoms with van der Waals surface area (Å²) in [6.07, 6.45) is 2.65. The van der Waals surface area contributed by atoms with E-state index in [0.717, 1.165) is 24.4 Å². The molecule has 0 saturated heterocycles. The zero-order valence-corrected chi connectivity index (χ0v) is 12.6. The topological polar surface area (TPSA) is 57.8 Å². The molecule has 4 nitrogen and oxygen atoms in total. The predicted molar refractivity (Wildman–Crippen MR) is 82.2 cm³/mol. The molecule has 0 unspecified atom stereocenters. The third-order valence-electron chi connectivity index (χ3n) is 2.81. The van der Waals surface area contributed by atoms with Gasteiger partial charge < -0.3 is 10.3 Å². The molecule has 0 saturated carbocycles. The second-order valence-corrected chi connectivity index (χ2v) is 5.66. The molecule has 1 aromatic carbocycles. The van der Waals surface area contributed by atoms with Crippen molar-refractivity contribution in [1.29, 1.82) is 0 Å². The smallest absolute Gasteiger partial charge is 0.251 e. The molecule has 20 heavy (non-hydrogen) atoms. The van der Waals surface area contributed by atoms with E-state index in [2.05, 4.69) is 47.3 Å². The molecule has 0 amide bonds. The number of aromatic nitrogens is 2. The Balaban J connectivity index is 2.19. The van der Waals surface area contributed by atoms with Gasteiger partial charge in [0.2, 0.25) is 0 Å². The largest absolute Gasteiger partial charge is 0.313 e. The molecule has 0 aliphatic carbocycles. The maximum atomic E-state index is 11.3. The molecule has 1 heterocycles. The van der Waals surface area contributed by atoms with Crippen molar-refractivity contribution in [2.45, 2.75) is 36.9 Å². The average molecular weight is 289 g/mol. The summed E-state index contributed by atoms with van der Waals surface area (Å²) in [4.78, 5) is 19.4. The van der Waals surface area contributed by atoms with Gasteiger partial charge in [-0.05, 0) is 31.5 Å². The Morgan fingerprint density at radius 3 is 2.95 bits per heavy atom. The fraction of sp³-hybridized carbons (Fsp3) is 0.333. The number of rotatable bonds is 6. The molecule has 0 spiro atoms. The van der Waals surface area contributed by atoms with Gasteiger partial charge in [-0.2, -0.15) is 0 Å². The number of nitrogens with one attached hydrogen (secondary N) is 2. The van der Waals surface area contributed by atoms with Crippen LogP contribution in [0.4, 0.5) is 0 Å². The quantitative estimate of drug-likeness (QED) is 0.634. The maximum absolute atomic E-state index is 11.3. The molecule has 0 aliphatic rings. The Hall–Kier alpha value is -1.59. The van der Waals surface area contributed by atoms with Gasteiger partial charge in [-0.1, -0.05) is 36.4 Å². The van der Waals surface area contributed by atoms with Crippen LogP contribution in [0.15, 0.2) is 45.3 Å². The van der Waals surface area contributed by atoms with Crippen LogP contribution in [0.3, 0.4) is 0 Å². The molecule has 0 bridgehead atoms. The lowest BCUT2D eigenvalue weighted by molar-refractivity contribution is 0.669. The number of aromatic amines is 1. The van der Waals surface area contributed by atoms with E-state index in [0.29, 0.717) is 5.16 Å². The number of aryl methyl sites for hydroxylation is 1. The van der Waals surface area contributed by atoms with E-state index < -0.39 is 0 Å². The average Bonchev–Trinajstić information content (AvgIpc) is 2.42. The Morgan fingerprint density at radius 2 is 2.20 bits per heavy atom. The molecule has 2 aromatic rings.